The number of nitrogens with one attached hydrogen (secondary N) is 3. The zero-order valence-electron chi connectivity index (χ0n) is 19.4. The highest BCUT2D eigenvalue weighted by Crippen LogP contribution is 2.34. The summed E-state index contributed by atoms with van der Waals surface area (Å²) < 4.78 is 5.71. The molecular weight excluding hydrogens is 412 g/mol. The van der Waals surface area contributed by atoms with Gasteiger partial charge in [-0.05, 0) is 50.6 Å². The lowest BCUT2D eigenvalue weighted by Gasteiger charge is -2.33. The van der Waals surface area contributed by atoms with E-state index in [0.717, 1.165) is 65.1 Å². The normalized spacial score (nSPS) is 14.6. The quantitative estimate of drug-likeness (QED) is 0.395. The first-order chi connectivity index (χ1) is 16.2. The Kier molecular flexibility index (Phi) is 5.88. The van der Waals surface area contributed by atoms with Crippen molar-refractivity contribution in [1.82, 2.24) is 20.3 Å². The average Bonchev–Trinajstić information content (AvgIpc) is 3.29. The lowest BCUT2D eigenvalue weighted by Crippen LogP contribution is -2.41. The first-order valence-electron chi connectivity index (χ1n) is 11.4. The molecule has 2 aromatic heterocycles. The minimum Gasteiger partial charge on any atom is -0.494 e. The summed E-state index contributed by atoms with van der Waals surface area (Å²) >= 11 is 0. The third-order valence-corrected chi connectivity index (χ3v) is 6.52. The van der Waals surface area contributed by atoms with Gasteiger partial charge >= 0.3 is 0 Å². The SMILES string of the molecule is CNC1CCN(c2ccc(Nc3ncc(C)c(-c4c[nH]c5ccccc45)n3)c(OC)c2)CC1. The van der Waals surface area contributed by atoms with Crippen molar-refractivity contribution in [2.24, 2.45) is 0 Å². The highest BCUT2D eigenvalue weighted by atomic mass is 16.5. The Labute approximate surface area is 194 Å². The second-order valence-corrected chi connectivity index (χ2v) is 8.53. The van der Waals surface area contributed by atoms with Gasteiger partial charge in [0.15, 0.2) is 0 Å². The van der Waals surface area contributed by atoms with Crippen LogP contribution in [0, 0.1) is 6.92 Å². The topological polar surface area (TPSA) is 78.1 Å². The Morgan fingerprint density at radius 2 is 1.94 bits per heavy atom. The number of hydrogen-bond acceptors (Lipinski definition) is 6. The molecule has 0 aliphatic carbocycles. The Balaban J connectivity index is 1.41. The molecule has 170 valence electrons. The van der Waals surface area contributed by atoms with Crippen molar-refractivity contribution in [3.05, 3.63) is 60.4 Å². The highest BCUT2D eigenvalue weighted by Gasteiger charge is 2.19. The first kappa shape index (κ1) is 21.3. The number of ether oxygens (including phenoxy) is 1. The van der Waals surface area contributed by atoms with Crippen molar-refractivity contribution in [3.8, 4) is 17.0 Å². The molecule has 0 saturated carbocycles. The number of benzene rings is 2. The molecule has 0 spiro atoms. The van der Waals surface area contributed by atoms with Crippen molar-refractivity contribution in [2.75, 3.05) is 37.5 Å². The number of rotatable bonds is 6. The Morgan fingerprint density at radius 3 is 2.73 bits per heavy atom. The monoisotopic (exact) mass is 442 g/mol. The van der Waals surface area contributed by atoms with Gasteiger partial charge in [0.2, 0.25) is 5.95 Å². The van der Waals surface area contributed by atoms with Crippen molar-refractivity contribution in [1.29, 1.82) is 0 Å². The molecule has 3 N–H and O–H groups in total. The molecule has 2 aromatic carbocycles. The summed E-state index contributed by atoms with van der Waals surface area (Å²) in [6.45, 7) is 4.11. The van der Waals surface area contributed by atoms with Gasteiger partial charge in [-0.2, -0.15) is 0 Å². The number of fused-ring (bicyclic) bond motifs is 1. The number of aromatic amines is 1. The smallest absolute Gasteiger partial charge is 0.227 e. The molecule has 5 rings (SSSR count). The molecule has 1 fully saturated rings. The lowest BCUT2D eigenvalue weighted by molar-refractivity contribution is 0.415. The van der Waals surface area contributed by atoms with E-state index >= 15 is 0 Å². The second-order valence-electron chi connectivity index (χ2n) is 8.53. The number of aromatic nitrogens is 3. The third kappa shape index (κ3) is 4.24. The zero-order valence-corrected chi connectivity index (χ0v) is 19.4. The van der Waals surface area contributed by atoms with Crippen LogP contribution in [0.2, 0.25) is 0 Å². The molecule has 1 aliphatic rings. The van der Waals surface area contributed by atoms with E-state index in [-0.39, 0.29) is 0 Å². The molecule has 4 aromatic rings. The van der Waals surface area contributed by atoms with Crippen LogP contribution < -0.4 is 20.3 Å². The number of piperidine rings is 1. The van der Waals surface area contributed by atoms with Gasteiger partial charge in [0.1, 0.15) is 5.75 Å². The molecule has 1 aliphatic heterocycles. The van der Waals surface area contributed by atoms with Gasteiger partial charge in [0.25, 0.3) is 0 Å². The third-order valence-electron chi connectivity index (χ3n) is 6.52. The van der Waals surface area contributed by atoms with Gasteiger partial charge < -0.3 is 25.3 Å². The fourth-order valence-electron chi connectivity index (χ4n) is 4.57. The van der Waals surface area contributed by atoms with Crippen molar-refractivity contribution < 1.29 is 4.74 Å². The van der Waals surface area contributed by atoms with Crippen LogP contribution in [0.5, 0.6) is 5.75 Å². The van der Waals surface area contributed by atoms with Crippen LogP contribution in [0.4, 0.5) is 17.3 Å². The molecule has 7 heteroatoms. The van der Waals surface area contributed by atoms with E-state index in [1.165, 1.54) is 5.69 Å². The summed E-state index contributed by atoms with van der Waals surface area (Å²) in [5.41, 5.74) is 6.12. The maximum Gasteiger partial charge on any atom is 0.227 e. The Hall–Kier alpha value is -3.58. The van der Waals surface area contributed by atoms with Crippen molar-refractivity contribution in [3.63, 3.8) is 0 Å². The number of H-pyrrole nitrogens is 1. The number of hydrogen-bond donors (Lipinski definition) is 3. The number of aryl methyl sites for hydroxylation is 1. The van der Waals surface area contributed by atoms with E-state index in [1.54, 1.807) is 7.11 Å². The summed E-state index contributed by atoms with van der Waals surface area (Å²) in [7, 11) is 3.74. The fraction of sp³-hybridized carbons (Fsp3) is 0.308. The maximum atomic E-state index is 5.71. The largest absolute Gasteiger partial charge is 0.494 e. The highest BCUT2D eigenvalue weighted by molar-refractivity contribution is 5.95. The van der Waals surface area contributed by atoms with Crippen LogP contribution in [-0.4, -0.2) is 48.2 Å². The first-order valence-corrected chi connectivity index (χ1v) is 11.4. The number of methoxy groups -OCH3 is 1. The van der Waals surface area contributed by atoms with E-state index in [2.05, 4.69) is 49.8 Å². The molecule has 0 atom stereocenters. The Morgan fingerprint density at radius 1 is 1.12 bits per heavy atom. The van der Waals surface area contributed by atoms with Gasteiger partial charge in [-0.25, -0.2) is 9.97 Å². The average molecular weight is 443 g/mol. The number of nitrogens with zero attached hydrogens (tertiary/aromatic N) is 3. The van der Waals surface area contributed by atoms with Crippen molar-refractivity contribution in [2.45, 2.75) is 25.8 Å². The Bertz CT molecular complexity index is 1260. The van der Waals surface area contributed by atoms with Crippen LogP contribution in [0.1, 0.15) is 18.4 Å². The summed E-state index contributed by atoms with van der Waals surface area (Å²) in [6, 6.07) is 15.1. The van der Waals surface area contributed by atoms with E-state index in [4.69, 9.17) is 9.72 Å². The summed E-state index contributed by atoms with van der Waals surface area (Å²) in [6.07, 6.45) is 6.16. The molecule has 0 bridgehead atoms. The van der Waals surface area contributed by atoms with Crippen LogP contribution >= 0.6 is 0 Å². The van der Waals surface area contributed by atoms with E-state index in [0.29, 0.717) is 12.0 Å². The van der Waals surface area contributed by atoms with Crippen molar-refractivity contribution >= 4 is 28.2 Å². The standard InChI is InChI=1S/C26H30N6O/c1-17-15-29-26(31-25(17)21-16-28-22-7-5-4-6-20(21)22)30-23-9-8-19(14-24(23)33-3)32-12-10-18(27-2)11-13-32/h4-9,14-16,18,27-28H,10-13H2,1-3H3,(H,29,30,31). The minimum atomic E-state index is 0.543. The van der Waals surface area contributed by atoms with Gasteiger partial charge in [0.05, 0.1) is 18.5 Å². The summed E-state index contributed by atoms with van der Waals surface area (Å²) in [5.74, 6) is 1.32. The van der Waals surface area contributed by atoms with E-state index in [1.807, 2.05) is 44.6 Å². The maximum absolute atomic E-state index is 5.71. The van der Waals surface area contributed by atoms with Crippen LogP contribution in [0.3, 0.4) is 0 Å². The summed E-state index contributed by atoms with van der Waals surface area (Å²) in [4.78, 5) is 15.1. The molecular formula is C26H30N6O. The molecule has 0 radical (unpaired) electrons. The second kappa shape index (κ2) is 9.11. The van der Waals surface area contributed by atoms with Gasteiger partial charge in [-0.1, -0.05) is 18.2 Å². The van der Waals surface area contributed by atoms with Gasteiger partial charge in [0, 0.05) is 59.7 Å². The van der Waals surface area contributed by atoms with Crippen LogP contribution in [0.15, 0.2) is 54.9 Å². The number of anilines is 3. The molecule has 0 unspecified atom stereocenters. The number of para-hydroxylation sites is 1. The molecule has 33 heavy (non-hydrogen) atoms. The minimum absolute atomic E-state index is 0.543. The van der Waals surface area contributed by atoms with Gasteiger partial charge in [-0.15, -0.1) is 0 Å². The zero-order chi connectivity index (χ0) is 22.8. The molecule has 1 saturated heterocycles. The fourth-order valence-corrected chi connectivity index (χ4v) is 4.57. The molecule has 0 amide bonds. The predicted octanol–water partition coefficient (Wildman–Crippen LogP) is 4.87. The van der Waals surface area contributed by atoms with E-state index in [9.17, 15) is 0 Å². The van der Waals surface area contributed by atoms with Crippen LogP contribution in [-0.2, 0) is 0 Å². The summed E-state index contributed by atoms with van der Waals surface area (Å²) in [5, 5.41) is 7.89. The predicted molar refractivity (Wildman–Crippen MR) is 135 cm³/mol. The molecule has 3 heterocycles. The van der Waals surface area contributed by atoms with E-state index < -0.39 is 0 Å². The van der Waals surface area contributed by atoms with Gasteiger partial charge in [-0.3, -0.25) is 0 Å². The van der Waals surface area contributed by atoms with Crippen LogP contribution in [0.25, 0.3) is 22.2 Å². The molecule has 7 nitrogen and oxygen atoms in total. The lowest BCUT2D eigenvalue weighted by atomic mass is 10.0.